The first-order valence-corrected chi connectivity index (χ1v) is 14.2. The molecule has 1 atom stereocenters. The van der Waals surface area contributed by atoms with Crippen LogP contribution in [0.5, 0.6) is 11.5 Å². The van der Waals surface area contributed by atoms with Gasteiger partial charge in [-0.05, 0) is 68.7 Å². The number of carboxylic acids is 2. The van der Waals surface area contributed by atoms with E-state index in [1.54, 1.807) is 12.1 Å². The zero-order valence-electron chi connectivity index (χ0n) is 22.3. The smallest absolute Gasteiger partial charge is 0.335 e. The number of ether oxygens (including phenoxy) is 2. The van der Waals surface area contributed by atoms with Crippen molar-refractivity contribution in [2.75, 3.05) is 11.5 Å². The number of thioether (sulfide) groups is 1. The van der Waals surface area contributed by atoms with Crippen molar-refractivity contribution in [1.82, 2.24) is 0 Å². The standard InChI is InChI=1S/C29H33NO7S2/c1-4-6-7-8-9-10-18(3)37-23-12-11-19(13-24(23)36-5-2)14-25-26(31)30(29(38)39-25)22-16-20(27(32)33)15-21(17-22)28(34)35/h11-18H,4-10H2,1-3H3,(H,32,33)(H,34,35)/b25-14+/t18-/m0/s1. The Kier molecular flexibility index (Phi) is 10.9. The quantitative estimate of drug-likeness (QED) is 0.140. The molecule has 208 valence electrons. The molecule has 0 unspecified atom stereocenters. The molecule has 0 aromatic heterocycles. The number of rotatable bonds is 14. The molecule has 0 radical (unpaired) electrons. The van der Waals surface area contributed by atoms with Gasteiger partial charge in [0.15, 0.2) is 15.8 Å². The van der Waals surface area contributed by atoms with Gasteiger partial charge < -0.3 is 19.7 Å². The Morgan fingerprint density at radius 3 is 2.28 bits per heavy atom. The minimum atomic E-state index is -1.31. The van der Waals surface area contributed by atoms with Crippen LogP contribution in [0.2, 0.25) is 0 Å². The van der Waals surface area contributed by atoms with Crippen LogP contribution < -0.4 is 14.4 Å². The number of hydrogen-bond donors (Lipinski definition) is 2. The van der Waals surface area contributed by atoms with Crippen LogP contribution >= 0.6 is 24.0 Å². The molecule has 1 fully saturated rings. The highest BCUT2D eigenvalue weighted by molar-refractivity contribution is 8.27. The molecule has 1 aliphatic rings. The second-order valence-electron chi connectivity index (χ2n) is 9.17. The van der Waals surface area contributed by atoms with Crippen LogP contribution in [-0.2, 0) is 4.79 Å². The third-order valence-electron chi connectivity index (χ3n) is 6.07. The minimum Gasteiger partial charge on any atom is -0.490 e. The number of unbranched alkanes of at least 4 members (excludes halogenated alkanes) is 4. The van der Waals surface area contributed by atoms with E-state index < -0.39 is 17.8 Å². The van der Waals surface area contributed by atoms with Crippen molar-refractivity contribution < 1.29 is 34.1 Å². The second kappa shape index (κ2) is 14.1. The van der Waals surface area contributed by atoms with Gasteiger partial charge in [-0.25, -0.2) is 9.59 Å². The monoisotopic (exact) mass is 571 g/mol. The Balaban J connectivity index is 1.81. The maximum atomic E-state index is 13.3. The lowest BCUT2D eigenvalue weighted by Crippen LogP contribution is -2.28. The van der Waals surface area contributed by atoms with Gasteiger partial charge in [0.25, 0.3) is 5.91 Å². The summed E-state index contributed by atoms with van der Waals surface area (Å²) in [5, 5.41) is 18.8. The first-order chi connectivity index (χ1) is 18.6. The van der Waals surface area contributed by atoms with Crippen LogP contribution in [0.25, 0.3) is 6.08 Å². The molecular formula is C29H33NO7S2. The molecule has 0 saturated carbocycles. The lowest BCUT2D eigenvalue weighted by molar-refractivity contribution is -0.113. The number of benzene rings is 2. The molecule has 1 heterocycles. The zero-order valence-corrected chi connectivity index (χ0v) is 23.9. The Labute approximate surface area is 238 Å². The summed E-state index contributed by atoms with van der Waals surface area (Å²) in [4.78, 5) is 37.8. The number of thiocarbonyl (C=S) groups is 1. The highest BCUT2D eigenvalue weighted by Crippen LogP contribution is 2.38. The van der Waals surface area contributed by atoms with E-state index in [-0.39, 0.29) is 27.2 Å². The Morgan fingerprint density at radius 1 is 1.00 bits per heavy atom. The largest absolute Gasteiger partial charge is 0.490 e. The lowest BCUT2D eigenvalue weighted by atomic mass is 10.1. The molecule has 1 aliphatic heterocycles. The average Bonchev–Trinajstić information content (AvgIpc) is 3.17. The lowest BCUT2D eigenvalue weighted by Gasteiger charge is -2.18. The summed E-state index contributed by atoms with van der Waals surface area (Å²) in [6, 6.07) is 8.94. The van der Waals surface area contributed by atoms with E-state index in [1.807, 2.05) is 26.0 Å². The third-order valence-corrected chi connectivity index (χ3v) is 7.37. The maximum absolute atomic E-state index is 13.3. The van der Waals surface area contributed by atoms with Crippen molar-refractivity contribution in [3.8, 4) is 11.5 Å². The van der Waals surface area contributed by atoms with Crippen molar-refractivity contribution >= 4 is 57.9 Å². The fourth-order valence-corrected chi connectivity index (χ4v) is 5.42. The van der Waals surface area contributed by atoms with Gasteiger partial charge in [-0.3, -0.25) is 9.69 Å². The summed E-state index contributed by atoms with van der Waals surface area (Å²) in [5.41, 5.74) is 0.273. The van der Waals surface area contributed by atoms with Gasteiger partial charge in [0.2, 0.25) is 0 Å². The number of carboxylic acid groups (broad SMARTS) is 2. The summed E-state index contributed by atoms with van der Waals surface area (Å²) in [6.07, 6.45) is 8.65. The highest BCUT2D eigenvalue weighted by atomic mass is 32.2. The number of hydrogen-bond acceptors (Lipinski definition) is 7. The van der Waals surface area contributed by atoms with E-state index in [2.05, 4.69) is 6.92 Å². The van der Waals surface area contributed by atoms with Crippen LogP contribution in [0.4, 0.5) is 5.69 Å². The number of carbonyl (C=O) groups is 3. The fourth-order valence-electron chi connectivity index (χ4n) is 4.12. The highest BCUT2D eigenvalue weighted by Gasteiger charge is 2.34. The van der Waals surface area contributed by atoms with Gasteiger partial charge in [-0.2, -0.15) is 0 Å². The molecule has 0 aliphatic carbocycles. The van der Waals surface area contributed by atoms with E-state index in [4.69, 9.17) is 21.7 Å². The SMILES string of the molecule is CCCCCCC[C@H](C)Oc1ccc(/C=C2/SC(=S)N(c3cc(C(=O)O)cc(C(=O)O)c3)C2=O)cc1OCC. The number of aromatic carboxylic acids is 2. The van der Waals surface area contributed by atoms with E-state index in [9.17, 15) is 24.6 Å². The molecule has 39 heavy (non-hydrogen) atoms. The predicted molar refractivity (Wildman–Crippen MR) is 157 cm³/mol. The molecule has 1 saturated heterocycles. The summed E-state index contributed by atoms with van der Waals surface area (Å²) >= 11 is 6.44. The molecule has 2 aromatic carbocycles. The Hall–Kier alpha value is -3.37. The third kappa shape index (κ3) is 8.06. The van der Waals surface area contributed by atoms with Crippen molar-refractivity contribution in [2.24, 2.45) is 0 Å². The molecule has 3 rings (SSSR count). The summed E-state index contributed by atoms with van der Waals surface area (Å²) in [5.74, 6) is -1.89. The normalized spacial score (nSPS) is 15.1. The van der Waals surface area contributed by atoms with E-state index in [1.165, 1.54) is 37.8 Å². The van der Waals surface area contributed by atoms with Crippen LogP contribution in [0.1, 0.15) is 85.6 Å². The maximum Gasteiger partial charge on any atom is 0.335 e. The van der Waals surface area contributed by atoms with Gasteiger partial charge in [0.1, 0.15) is 0 Å². The summed E-state index contributed by atoms with van der Waals surface area (Å²) in [6.45, 7) is 6.57. The first-order valence-electron chi connectivity index (χ1n) is 13.0. The topological polar surface area (TPSA) is 113 Å². The van der Waals surface area contributed by atoms with Crippen LogP contribution in [-0.4, -0.2) is 45.1 Å². The number of amides is 1. The zero-order chi connectivity index (χ0) is 28.5. The van der Waals surface area contributed by atoms with Gasteiger partial charge in [0.05, 0.1) is 34.4 Å². The van der Waals surface area contributed by atoms with Gasteiger partial charge in [-0.15, -0.1) is 0 Å². The van der Waals surface area contributed by atoms with Crippen LogP contribution in [0.3, 0.4) is 0 Å². The molecule has 0 spiro atoms. The van der Waals surface area contributed by atoms with Crippen molar-refractivity contribution in [3.63, 3.8) is 0 Å². The summed E-state index contributed by atoms with van der Waals surface area (Å²) < 4.78 is 12.1. The van der Waals surface area contributed by atoms with Crippen molar-refractivity contribution in [1.29, 1.82) is 0 Å². The number of anilines is 1. The van der Waals surface area contributed by atoms with E-state index in [0.717, 1.165) is 35.6 Å². The molecule has 8 nitrogen and oxygen atoms in total. The molecule has 10 heteroatoms. The van der Waals surface area contributed by atoms with Gasteiger partial charge in [-0.1, -0.05) is 62.7 Å². The number of nitrogens with zero attached hydrogens (tertiary/aromatic N) is 1. The average molecular weight is 572 g/mol. The van der Waals surface area contributed by atoms with Crippen LogP contribution in [0, 0.1) is 0 Å². The molecule has 2 N–H and O–H groups in total. The van der Waals surface area contributed by atoms with E-state index >= 15 is 0 Å². The van der Waals surface area contributed by atoms with Crippen molar-refractivity contribution in [2.45, 2.75) is 65.4 Å². The molecule has 1 amide bonds. The predicted octanol–water partition coefficient (Wildman–Crippen LogP) is 7.02. The Bertz CT molecular complexity index is 1240. The van der Waals surface area contributed by atoms with E-state index in [0.29, 0.717) is 28.6 Å². The molecular weight excluding hydrogens is 538 g/mol. The van der Waals surface area contributed by atoms with Crippen molar-refractivity contribution in [3.05, 3.63) is 58.0 Å². The molecule has 2 aromatic rings. The number of carbonyl (C=O) groups excluding carboxylic acids is 1. The molecule has 0 bridgehead atoms. The Morgan fingerprint density at radius 2 is 1.67 bits per heavy atom. The minimum absolute atomic E-state index is 0.0326. The summed E-state index contributed by atoms with van der Waals surface area (Å²) in [7, 11) is 0. The van der Waals surface area contributed by atoms with Crippen LogP contribution in [0.15, 0.2) is 41.3 Å². The fraction of sp³-hybridized carbons (Fsp3) is 0.379. The second-order valence-corrected chi connectivity index (χ2v) is 10.8. The van der Waals surface area contributed by atoms with Gasteiger partial charge >= 0.3 is 11.9 Å². The first kappa shape index (κ1) is 30.2. The van der Waals surface area contributed by atoms with Gasteiger partial charge in [0, 0.05) is 0 Å².